The molecule has 1 saturated heterocycles. The molecule has 0 bridgehead atoms. The number of carbonyl (C=O) groups is 2. The Hall–Kier alpha value is -1.01. The maximum Gasteiger partial charge on any atom is 0.264 e. The van der Waals surface area contributed by atoms with Crippen molar-refractivity contribution in [3.05, 3.63) is 16.5 Å². The van der Waals surface area contributed by atoms with Crippen LogP contribution in [-0.4, -0.2) is 41.8 Å². The van der Waals surface area contributed by atoms with Gasteiger partial charge >= 0.3 is 0 Å². The van der Waals surface area contributed by atoms with E-state index in [0.717, 1.165) is 40.7 Å². The van der Waals surface area contributed by atoms with Gasteiger partial charge in [0, 0.05) is 18.5 Å². The van der Waals surface area contributed by atoms with Crippen molar-refractivity contribution in [3.8, 4) is 0 Å². The van der Waals surface area contributed by atoms with E-state index in [2.05, 4.69) is 11.6 Å². The molecule has 1 atom stereocenters. The van der Waals surface area contributed by atoms with Gasteiger partial charge in [0.1, 0.15) is 0 Å². The molecule has 2 amide bonds. The minimum absolute atomic E-state index is 0.0287. The number of rotatable bonds is 4. The van der Waals surface area contributed by atoms with E-state index in [9.17, 15) is 9.59 Å². The van der Waals surface area contributed by atoms with Crippen molar-refractivity contribution < 1.29 is 9.59 Å². The lowest BCUT2D eigenvalue weighted by Crippen LogP contribution is -2.28. The number of amides is 2. The highest BCUT2D eigenvalue weighted by Crippen LogP contribution is 2.31. The second kappa shape index (κ2) is 7.26. The van der Waals surface area contributed by atoms with E-state index < -0.39 is 5.41 Å². The van der Waals surface area contributed by atoms with E-state index in [1.54, 1.807) is 0 Å². The van der Waals surface area contributed by atoms with Gasteiger partial charge in [0.25, 0.3) is 5.91 Å². The van der Waals surface area contributed by atoms with Crippen LogP contribution in [0.1, 0.15) is 42.4 Å². The monoisotopic (exact) mass is 354 g/mol. The van der Waals surface area contributed by atoms with Crippen molar-refractivity contribution in [2.75, 3.05) is 30.4 Å². The van der Waals surface area contributed by atoms with E-state index in [0.29, 0.717) is 5.92 Å². The number of nitrogens with zero attached hydrogens (tertiary/aromatic N) is 1. The summed E-state index contributed by atoms with van der Waals surface area (Å²) in [7, 11) is 0. The molecular formula is C17H26N2O2S2. The van der Waals surface area contributed by atoms with Crippen LogP contribution in [0.25, 0.3) is 0 Å². The predicted molar refractivity (Wildman–Crippen MR) is 99.5 cm³/mol. The summed E-state index contributed by atoms with van der Waals surface area (Å²) in [4.78, 5) is 27.5. The largest absolute Gasteiger partial charge is 0.338 e. The molecule has 1 aromatic rings. The van der Waals surface area contributed by atoms with Gasteiger partial charge < -0.3 is 10.2 Å². The van der Waals surface area contributed by atoms with E-state index in [4.69, 9.17) is 0 Å². The highest BCUT2D eigenvalue weighted by Gasteiger charge is 2.29. The van der Waals surface area contributed by atoms with Gasteiger partial charge in [0.05, 0.1) is 9.88 Å². The smallest absolute Gasteiger partial charge is 0.264 e. The van der Waals surface area contributed by atoms with Gasteiger partial charge in [-0.3, -0.25) is 9.59 Å². The summed E-state index contributed by atoms with van der Waals surface area (Å²) in [5, 5.41) is 3.68. The minimum Gasteiger partial charge on any atom is -0.338 e. The van der Waals surface area contributed by atoms with Gasteiger partial charge in [0.2, 0.25) is 5.91 Å². The number of hydrogen-bond acceptors (Lipinski definition) is 4. The highest BCUT2D eigenvalue weighted by molar-refractivity contribution is 7.98. The Bertz CT molecular complexity index is 590. The average Bonchev–Trinajstić information content (AvgIpc) is 3.04. The maximum atomic E-state index is 12.7. The summed E-state index contributed by atoms with van der Waals surface area (Å²) in [5.41, 5.74) is 0.500. The predicted octanol–water partition coefficient (Wildman–Crippen LogP) is 3.87. The topological polar surface area (TPSA) is 49.4 Å². The van der Waals surface area contributed by atoms with Crippen LogP contribution in [0, 0.1) is 18.3 Å². The van der Waals surface area contributed by atoms with Crippen molar-refractivity contribution in [2.45, 2.75) is 34.1 Å². The third kappa shape index (κ3) is 4.51. The minimum atomic E-state index is -0.442. The Morgan fingerprint density at radius 1 is 1.43 bits per heavy atom. The van der Waals surface area contributed by atoms with E-state index >= 15 is 0 Å². The van der Waals surface area contributed by atoms with Crippen molar-refractivity contribution in [3.63, 3.8) is 0 Å². The molecule has 0 saturated carbocycles. The summed E-state index contributed by atoms with van der Waals surface area (Å²) >= 11 is 3.23. The first-order valence-electron chi connectivity index (χ1n) is 7.92. The van der Waals surface area contributed by atoms with Gasteiger partial charge in [-0.15, -0.1) is 11.3 Å². The van der Waals surface area contributed by atoms with Gasteiger partial charge in [-0.2, -0.15) is 11.8 Å². The third-order valence-corrected chi connectivity index (χ3v) is 5.95. The number of carbonyl (C=O) groups excluding carboxylic acids is 2. The zero-order valence-electron chi connectivity index (χ0n) is 14.6. The molecule has 2 heterocycles. The Balaban J connectivity index is 2.06. The summed E-state index contributed by atoms with van der Waals surface area (Å²) in [5.74, 6) is 1.79. The summed E-state index contributed by atoms with van der Waals surface area (Å²) < 4.78 is 0. The number of likely N-dealkylation sites (tertiary alicyclic amines) is 1. The molecule has 0 aliphatic carbocycles. The Morgan fingerprint density at radius 3 is 2.74 bits per heavy atom. The fourth-order valence-electron chi connectivity index (χ4n) is 2.59. The molecule has 0 radical (unpaired) electrons. The van der Waals surface area contributed by atoms with Crippen molar-refractivity contribution >= 4 is 39.9 Å². The average molecular weight is 355 g/mol. The molecule has 0 aromatic carbocycles. The molecule has 1 aromatic heterocycles. The number of hydrogen-bond donors (Lipinski definition) is 1. The fraction of sp³-hybridized carbons (Fsp3) is 0.647. The van der Waals surface area contributed by atoms with Gasteiger partial charge in [-0.05, 0) is 42.9 Å². The van der Waals surface area contributed by atoms with Gasteiger partial charge in [0.15, 0.2) is 0 Å². The normalized spacial score (nSPS) is 18.3. The molecule has 1 aliphatic heterocycles. The van der Waals surface area contributed by atoms with Crippen LogP contribution in [0.4, 0.5) is 5.00 Å². The maximum absolute atomic E-state index is 12.7. The lowest BCUT2D eigenvalue weighted by Gasteiger charge is -2.17. The molecule has 128 valence electrons. The highest BCUT2D eigenvalue weighted by atomic mass is 32.2. The van der Waals surface area contributed by atoms with E-state index in [1.807, 2.05) is 50.4 Å². The Morgan fingerprint density at radius 2 is 2.13 bits per heavy atom. The van der Waals surface area contributed by atoms with Crippen molar-refractivity contribution in [2.24, 2.45) is 11.3 Å². The van der Waals surface area contributed by atoms with Gasteiger partial charge in [-0.25, -0.2) is 0 Å². The second-order valence-corrected chi connectivity index (χ2v) is 9.15. The number of aryl methyl sites for hydroxylation is 1. The van der Waals surface area contributed by atoms with Crippen LogP contribution in [0.2, 0.25) is 0 Å². The molecule has 4 nitrogen and oxygen atoms in total. The summed E-state index contributed by atoms with van der Waals surface area (Å²) in [6.45, 7) is 9.26. The quantitative estimate of drug-likeness (QED) is 0.893. The van der Waals surface area contributed by atoms with Crippen LogP contribution in [0.15, 0.2) is 6.07 Å². The zero-order chi connectivity index (χ0) is 17.2. The molecule has 6 heteroatoms. The first kappa shape index (κ1) is 18.3. The van der Waals surface area contributed by atoms with Crippen molar-refractivity contribution in [1.29, 1.82) is 0 Å². The summed E-state index contributed by atoms with van der Waals surface area (Å²) in [6, 6.07) is 1.90. The third-order valence-electron chi connectivity index (χ3n) is 4.01. The van der Waals surface area contributed by atoms with Crippen LogP contribution >= 0.6 is 23.1 Å². The zero-order valence-corrected chi connectivity index (χ0v) is 16.2. The number of thiophene rings is 1. The van der Waals surface area contributed by atoms with Gasteiger partial charge in [-0.1, -0.05) is 20.8 Å². The molecule has 0 spiro atoms. The number of anilines is 1. The van der Waals surface area contributed by atoms with Crippen LogP contribution in [0.5, 0.6) is 0 Å². The summed E-state index contributed by atoms with van der Waals surface area (Å²) in [6.07, 6.45) is 3.20. The molecule has 1 aliphatic rings. The van der Waals surface area contributed by atoms with Crippen LogP contribution in [-0.2, 0) is 4.79 Å². The molecule has 23 heavy (non-hydrogen) atoms. The molecule has 1 N–H and O–H groups in total. The molecular weight excluding hydrogens is 328 g/mol. The van der Waals surface area contributed by atoms with E-state index in [-0.39, 0.29) is 11.8 Å². The fourth-order valence-corrected chi connectivity index (χ4v) is 4.37. The second-order valence-electron chi connectivity index (χ2n) is 7.19. The standard InChI is InChI=1S/C17H26N2O2S2/c1-11-8-13(18-16(21)17(2,3)4)23-14(11)15(20)19-7-6-12(9-19)10-22-5/h8,12H,6-7,9-10H2,1-5H3,(H,18,21)/t12-/m1/s1. The van der Waals surface area contributed by atoms with E-state index in [1.165, 1.54) is 11.3 Å². The molecule has 2 rings (SSSR count). The SMILES string of the molecule is CSC[C@@H]1CCN(C(=O)c2sc(NC(=O)C(C)(C)C)cc2C)C1. The first-order valence-corrected chi connectivity index (χ1v) is 10.1. The Labute approximate surface area is 147 Å². The van der Waals surface area contributed by atoms with Crippen molar-refractivity contribution in [1.82, 2.24) is 4.90 Å². The molecule has 0 unspecified atom stereocenters. The Kier molecular flexibility index (Phi) is 5.79. The first-order chi connectivity index (χ1) is 10.7. The van der Waals surface area contributed by atoms with Crippen LogP contribution < -0.4 is 5.32 Å². The number of nitrogens with one attached hydrogen (secondary N) is 1. The molecule has 1 fully saturated rings. The lowest BCUT2D eigenvalue weighted by molar-refractivity contribution is -0.123. The lowest BCUT2D eigenvalue weighted by atomic mass is 9.96. The number of thioether (sulfide) groups is 1. The van der Waals surface area contributed by atoms with Crippen LogP contribution in [0.3, 0.4) is 0 Å².